The van der Waals surface area contributed by atoms with Crippen LogP contribution in [0.5, 0.6) is 0 Å². The van der Waals surface area contributed by atoms with Gasteiger partial charge < -0.3 is 10.1 Å². The molecule has 1 fully saturated rings. The van der Waals surface area contributed by atoms with Crippen molar-refractivity contribution in [1.82, 2.24) is 4.90 Å². The molecule has 27 heavy (non-hydrogen) atoms. The number of amides is 1. The third-order valence-corrected chi connectivity index (χ3v) is 5.06. The summed E-state index contributed by atoms with van der Waals surface area (Å²) in [5.74, 6) is 0.264. The maximum Gasteiger partial charge on any atom is 0.337 e. The standard InChI is InChI=1S/C22H26N2O3/c1-16-11-13-24(14-12-16)15-17-3-5-18(6-4-17)21(25)23-20-9-7-19(8-10-20)22(26)27-2/h3-10,16H,11-15H2,1-2H3,(H,23,25). The molecule has 2 aromatic carbocycles. The molecule has 1 amide bonds. The molecule has 0 atom stereocenters. The van der Waals surface area contributed by atoms with Crippen LogP contribution in [0.1, 0.15) is 46.0 Å². The molecule has 1 saturated heterocycles. The van der Waals surface area contributed by atoms with Crippen molar-refractivity contribution in [2.75, 3.05) is 25.5 Å². The number of likely N-dealkylation sites (tertiary alicyclic amines) is 1. The van der Waals surface area contributed by atoms with Gasteiger partial charge in [0, 0.05) is 17.8 Å². The van der Waals surface area contributed by atoms with E-state index in [9.17, 15) is 9.59 Å². The van der Waals surface area contributed by atoms with Crippen LogP contribution in [0.2, 0.25) is 0 Å². The van der Waals surface area contributed by atoms with Crippen LogP contribution in [-0.2, 0) is 11.3 Å². The number of carbonyl (C=O) groups is 2. The highest BCUT2D eigenvalue weighted by Crippen LogP contribution is 2.18. The predicted octanol–water partition coefficient (Wildman–Crippen LogP) is 3.96. The van der Waals surface area contributed by atoms with Crippen molar-refractivity contribution in [3.63, 3.8) is 0 Å². The van der Waals surface area contributed by atoms with Crippen LogP contribution >= 0.6 is 0 Å². The second-order valence-corrected chi connectivity index (χ2v) is 7.18. The number of esters is 1. The van der Waals surface area contributed by atoms with Crippen molar-refractivity contribution in [2.24, 2.45) is 5.92 Å². The van der Waals surface area contributed by atoms with E-state index in [4.69, 9.17) is 0 Å². The lowest BCUT2D eigenvalue weighted by Gasteiger charge is -2.30. The highest BCUT2D eigenvalue weighted by molar-refractivity contribution is 6.04. The van der Waals surface area contributed by atoms with E-state index < -0.39 is 5.97 Å². The number of anilines is 1. The van der Waals surface area contributed by atoms with E-state index >= 15 is 0 Å². The van der Waals surface area contributed by atoms with Gasteiger partial charge >= 0.3 is 5.97 Å². The van der Waals surface area contributed by atoms with E-state index in [1.165, 1.54) is 25.5 Å². The Hall–Kier alpha value is -2.66. The van der Waals surface area contributed by atoms with Crippen molar-refractivity contribution in [1.29, 1.82) is 0 Å². The maximum atomic E-state index is 12.4. The van der Waals surface area contributed by atoms with Crippen molar-refractivity contribution in [3.8, 4) is 0 Å². The molecule has 5 heteroatoms. The molecule has 1 aliphatic rings. The molecule has 0 aromatic heterocycles. The summed E-state index contributed by atoms with van der Waals surface area (Å²) >= 11 is 0. The molecule has 2 aromatic rings. The third kappa shape index (κ3) is 5.17. The minimum atomic E-state index is -0.397. The van der Waals surface area contributed by atoms with Gasteiger partial charge in [-0.1, -0.05) is 19.1 Å². The van der Waals surface area contributed by atoms with Gasteiger partial charge in [-0.15, -0.1) is 0 Å². The molecule has 1 aliphatic heterocycles. The summed E-state index contributed by atoms with van der Waals surface area (Å²) < 4.78 is 4.67. The summed E-state index contributed by atoms with van der Waals surface area (Å²) in [5, 5.41) is 2.85. The molecule has 0 aliphatic carbocycles. The van der Waals surface area contributed by atoms with Crippen LogP contribution < -0.4 is 5.32 Å². The zero-order valence-electron chi connectivity index (χ0n) is 15.9. The Kier molecular flexibility index (Phi) is 6.24. The molecule has 142 valence electrons. The fourth-order valence-electron chi connectivity index (χ4n) is 3.25. The van der Waals surface area contributed by atoms with Crippen LogP contribution in [0.25, 0.3) is 0 Å². The van der Waals surface area contributed by atoms with Crippen LogP contribution in [0, 0.1) is 5.92 Å². The van der Waals surface area contributed by atoms with Crippen LogP contribution in [0.15, 0.2) is 48.5 Å². The third-order valence-electron chi connectivity index (χ3n) is 5.06. The fraction of sp³-hybridized carbons (Fsp3) is 0.364. The van der Waals surface area contributed by atoms with Crippen LogP contribution in [0.4, 0.5) is 5.69 Å². The lowest BCUT2D eigenvalue weighted by atomic mass is 9.99. The average Bonchev–Trinajstić information content (AvgIpc) is 2.70. The van der Waals surface area contributed by atoms with E-state index in [2.05, 4.69) is 21.9 Å². The SMILES string of the molecule is COC(=O)c1ccc(NC(=O)c2ccc(CN3CCC(C)CC3)cc2)cc1. The first-order valence-corrected chi connectivity index (χ1v) is 9.36. The molecule has 1 N–H and O–H groups in total. The van der Waals surface area contributed by atoms with Gasteiger partial charge in [0.2, 0.25) is 0 Å². The summed E-state index contributed by atoms with van der Waals surface area (Å²) in [6, 6.07) is 14.4. The van der Waals surface area contributed by atoms with E-state index in [-0.39, 0.29) is 5.91 Å². The summed E-state index contributed by atoms with van der Waals surface area (Å²) in [6.07, 6.45) is 2.52. The van der Waals surface area contributed by atoms with Gasteiger partial charge in [0.25, 0.3) is 5.91 Å². The van der Waals surface area contributed by atoms with Crippen molar-refractivity contribution < 1.29 is 14.3 Å². The highest BCUT2D eigenvalue weighted by atomic mass is 16.5. The normalized spacial score (nSPS) is 15.3. The van der Waals surface area contributed by atoms with Crippen LogP contribution in [-0.4, -0.2) is 37.0 Å². The predicted molar refractivity (Wildman–Crippen MR) is 106 cm³/mol. The van der Waals surface area contributed by atoms with Gasteiger partial charge in [-0.3, -0.25) is 9.69 Å². The number of carbonyl (C=O) groups excluding carboxylic acids is 2. The van der Waals surface area contributed by atoms with Crippen molar-refractivity contribution in [3.05, 3.63) is 65.2 Å². The Bertz CT molecular complexity index is 776. The molecule has 0 bridgehead atoms. The molecule has 0 spiro atoms. The Morgan fingerprint density at radius 1 is 1.00 bits per heavy atom. The van der Waals surface area contributed by atoms with E-state index in [1.807, 2.05) is 24.3 Å². The Labute approximate surface area is 160 Å². The van der Waals surface area contributed by atoms with Gasteiger partial charge in [-0.05, 0) is 73.8 Å². The minimum Gasteiger partial charge on any atom is -0.465 e. The lowest BCUT2D eigenvalue weighted by molar-refractivity contribution is 0.0600. The summed E-state index contributed by atoms with van der Waals surface area (Å²) in [6.45, 7) is 5.54. The quantitative estimate of drug-likeness (QED) is 0.814. The molecule has 5 nitrogen and oxygen atoms in total. The summed E-state index contributed by atoms with van der Waals surface area (Å²) in [4.78, 5) is 26.3. The van der Waals surface area contributed by atoms with E-state index in [0.717, 1.165) is 25.6 Å². The molecule has 1 heterocycles. The number of hydrogen-bond donors (Lipinski definition) is 1. The first-order valence-electron chi connectivity index (χ1n) is 9.36. The number of ether oxygens (including phenoxy) is 1. The average molecular weight is 366 g/mol. The highest BCUT2D eigenvalue weighted by Gasteiger charge is 2.16. The molecular weight excluding hydrogens is 340 g/mol. The zero-order chi connectivity index (χ0) is 19.2. The number of nitrogens with zero attached hydrogens (tertiary/aromatic N) is 1. The van der Waals surface area contributed by atoms with E-state index in [0.29, 0.717) is 16.8 Å². The Morgan fingerprint density at radius 3 is 2.19 bits per heavy atom. The second kappa shape index (κ2) is 8.82. The molecular formula is C22H26N2O3. The molecule has 0 saturated carbocycles. The van der Waals surface area contributed by atoms with Gasteiger partial charge in [-0.2, -0.15) is 0 Å². The van der Waals surface area contributed by atoms with Crippen molar-refractivity contribution in [2.45, 2.75) is 26.3 Å². The molecule has 0 unspecified atom stereocenters. The Balaban J connectivity index is 1.56. The van der Waals surface area contributed by atoms with Crippen LogP contribution in [0.3, 0.4) is 0 Å². The maximum absolute atomic E-state index is 12.4. The number of piperidine rings is 1. The smallest absolute Gasteiger partial charge is 0.337 e. The first kappa shape index (κ1) is 19.1. The summed E-state index contributed by atoms with van der Waals surface area (Å²) in [7, 11) is 1.34. The number of hydrogen-bond acceptors (Lipinski definition) is 4. The van der Waals surface area contributed by atoms with Gasteiger partial charge in [0.05, 0.1) is 12.7 Å². The number of nitrogens with one attached hydrogen (secondary N) is 1. The lowest BCUT2D eigenvalue weighted by Crippen LogP contribution is -2.32. The zero-order valence-corrected chi connectivity index (χ0v) is 15.9. The largest absolute Gasteiger partial charge is 0.465 e. The molecule has 3 rings (SSSR count). The minimum absolute atomic E-state index is 0.167. The van der Waals surface area contributed by atoms with E-state index in [1.54, 1.807) is 24.3 Å². The second-order valence-electron chi connectivity index (χ2n) is 7.18. The number of benzene rings is 2. The monoisotopic (exact) mass is 366 g/mol. The van der Waals surface area contributed by atoms with Crippen molar-refractivity contribution >= 4 is 17.6 Å². The number of rotatable bonds is 5. The first-order chi connectivity index (χ1) is 13.0. The topological polar surface area (TPSA) is 58.6 Å². The Morgan fingerprint density at radius 2 is 1.59 bits per heavy atom. The van der Waals surface area contributed by atoms with Gasteiger partial charge in [0.1, 0.15) is 0 Å². The van der Waals surface area contributed by atoms with Gasteiger partial charge in [-0.25, -0.2) is 4.79 Å². The summed E-state index contributed by atoms with van der Waals surface area (Å²) in [5.41, 5.74) is 2.93. The fourth-order valence-corrected chi connectivity index (χ4v) is 3.25. The number of methoxy groups -OCH3 is 1. The molecule has 0 radical (unpaired) electrons. The van der Waals surface area contributed by atoms with Gasteiger partial charge in [0.15, 0.2) is 0 Å².